The highest BCUT2D eigenvalue weighted by Crippen LogP contribution is 2.29. The first-order valence-corrected chi connectivity index (χ1v) is 9.77. The molecule has 0 radical (unpaired) electrons. The van der Waals surface area contributed by atoms with E-state index in [1.807, 2.05) is 25.1 Å². The molecule has 1 aromatic heterocycles. The van der Waals surface area contributed by atoms with Crippen LogP contribution >= 0.6 is 24.0 Å². The normalized spacial score (nSPS) is 17.5. The molecule has 2 aromatic rings. The molecule has 1 atom stereocenters. The maximum atomic E-state index is 12.7. The summed E-state index contributed by atoms with van der Waals surface area (Å²) in [5.41, 5.74) is 1.18. The lowest BCUT2D eigenvalue weighted by Crippen LogP contribution is -2.44. The summed E-state index contributed by atoms with van der Waals surface area (Å²) in [6, 6.07) is 11.4. The Morgan fingerprint density at radius 3 is 2.60 bits per heavy atom. The third-order valence-electron chi connectivity index (χ3n) is 4.77. The minimum Gasteiger partial charge on any atom is -0.357 e. The maximum Gasteiger partial charge on any atom is 0.416 e. The van der Waals surface area contributed by atoms with E-state index >= 15 is 0 Å². The number of rotatable bonds is 6. The number of hydrogen-bond acceptors (Lipinski definition) is 3. The third kappa shape index (κ3) is 7.42. The fraction of sp³-hybridized carbons (Fsp3) is 0.429. The molecule has 1 fully saturated rings. The lowest BCUT2D eigenvalue weighted by Gasteiger charge is -2.19. The highest BCUT2D eigenvalue weighted by atomic mass is 127. The number of likely N-dealkylation sites (tertiary alicyclic amines) is 1. The van der Waals surface area contributed by atoms with E-state index in [0.717, 1.165) is 55.4 Å². The third-order valence-corrected chi connectivity index (χ3v) is 4.77. The van der Waals surface area contributed by atoms with Gasteiger partial charge in [0.05, 0.1) is 17.8 Å². The van der Waals surface area contributed by atoms with E-state index in [9.17, 15) is 13.2 Å². The second kappa shape index (κ2) is 11.5. The Bertz CT molecular complexity index is 797. The minimum absolute atomic E-state index is 0. The molecule has 0 amide bonds. The lowest BCUT2D eigenvalue weighted by atomic mass is 10.1. The molecule has 164 valence electrons. The predicted molar refractivity (Wildman–Crippen MR) is 123 cm³/mol. The van der Waals surface area contributed by atoms with Crippen LogP contribution in [0.3, 0.4) is 0 Å². The smallest absolute Gasteiger partial charge is 0.357 e. The Hall–Kier alpha value is -1.88. The van der Waals surface area contributed by atoms with Gasteiger partial charge in [-0.05, 0) is 43.2 Å². The molecule has 0 spiro atoms. The first-order valence-electron chi connectivity index (χ1n) is 9.77. The fourth-order valence-corrected chi connectivity index (χ4v) is 3.32. The highest BCUT2D eigenvalue weighted by Gasteiger charge is 2.30. The number of nitrogens with zero attached hydrogens (tertiary/aromatic N) is 3. The summed E-state index contributed by atoms with van der Waals surface area (Å²) in [7, 11) is 0. The van der Waals surface area contributed by atoms with E-state index in [0.29, 0.717) is 13.1 Å². The van der Waals surface area contributed by atoms with Crippen molar-refractivity contribution in [1.29, 1.82) is 0 Å². The topological polar surface area (TPSA) is 52.6 Å². The number of nitrogens with one attached hydrogen (secondary N) is 2. The molecule has 3 rings (SSSR count). The summed E-state index contributed by atoms with van der Waals surface area (Å²) in [6.45, 7) is 5.61. The van der Waals surface area contributed by atoms with Crippen molar-refractivity contribution in [2.45, 2.75) is 38.7 Å². The molecule has 0 bridgehead atoms. The zero-order valence-electron chi connectivity index (χ0n) is 16.8. The number of halogens is 4. The van der Waals surface area contributed by atoms with E-state index in [1.165, 1.54) is 0 Å². The molecule has 1 unspecified atom stereocenters. The summed E-state index contributed by atoms with van der Waals surface area (Å²) in [4.78, 5) is 11.1. The van der Waals surface area contributed by atoms with E-state index < -0.39 is 11.7 Å². The second-order valence-corrected chi connectivity index (χ2v) is 7.08. The van der Waals surface area contributed by atoms with Gasteiger partial charge in [-0.3, -0.25) is 9.88 Å². The highest BCUT2D eigenvalue weighted by molar-refractivity contribution is 14.0. The lowest BCUT2D eigenvalue weighted by molar-refractivity contribution is -0.137. The average molecular weight is 533 g/mol. The van der Waals surface area contributed by atoms with Gasteiger partial charge in [0.25, 0.3) is 0 Å². The molecular formula is C21H27F3IN5. The van der Waals surface area contributed by atoms with Crippen LogP contribution in [0, 0.1) is 0 Å². The molecule has 1 aliphatic rings. The molecule has 0 saturated carbocycles. The molecule has 1 aromatic carbocycles. The first-order chi connectivity index (χ1) is 13.9. The Balaban J connectivity index is 0.00000320. The van der Waals surface area contributed by atoms with Crippen LogP contribution in [0.25, 0.3) is 0 Å². The SMILES string of the molecule is CCNC(=NCc1ccccn1)NC1CCN(Cc2ccc(C(F)(F)F)cc2)C1.I. The van der Waals surface area contributed by atoms with Crippen molar-refractivity contribution in [3.8, 4) is 0 Å². The summed E-state index contributed by atoms with van der Waals surface area (Å²) in [6.07, 6.45) is -1.59. The van der Waals surface area contributed by atoms with Crippen molar-refractivity contribution in [1.82, 2.24) is 20.5 Å². The molecule has 0 aliphatic carbocycles. The summed E-state index contributed by atoms with van der Waals surface area (Å²) >= 11 is 0. The van der Waals surface area contributed by atoms with Crippen molar-refractivity contribution in [2.24, 2.45) is 4.99 Å². The second-order valence-electron chi connectivity index (χ2n) is 7.08. The molecule has 5 nitrogen and oxygen atoms in total. The molecule has 9 heteroatoms. The van der Waals surface area contributed by atoms with E-state index in [2.05, 4.69) is 25.5 Å². The number of alkyl halides is 3. The van der Waals surface area contributed by atoms with Crippen molar-refractivity contribution in [2.75, 3.05) is 19.6 Å². The molecule has 2 heterocycles. The summed E-state index contributed by atoms with van der Waals surface area (Å²) in [5, 5.41) is 6.70. The van der Waals surface area contributed by atoms with Crippen LogP contribution in [0.2, 0.25) is 0 Å². The molecule has 1 saturated heterocycles. The Morgan fingerprint density at radius 2 is 1.97 bits per heavy atom. The molecular weight excluding hydrogens is 506 g/mol. The number of aromatic nitrogens is 1. The van der Waals surface area contributed by atoms with E-state index in [4.69, 9.17) is 0 Å². The first kappa shape index (κ1) is 24.4. The molecule has 1 aliphatic heterocycles. The zero-order chi connectivity index (χ0) is 20.7. The van der Waals surface area contributed by atoms with Crippen LogP contribution < -0.4 is 10.6 Å². The van der Waals surface area contributed by atoms with Crippen LogP contribution in [0.15, 0.2) is 53.7 Å². The Labute approximate surface area is 192 Å². The maximum absolute atomic E-state index is 12.7. The number of aliphatic imine (C=N–C) groups is 1. The molecule has 2 N–H and O–H groups in total. The van der Waals surface area contributed by atoms with Crippen LogP contribution in [-0.2, 0) is 19.3 Å². The number of hydrogen-bond donors (Lipinski definition) is 2. The van der Waals surface area contributed by atoms with E-state index in [1.54, 1.807) is 18.3 Å². The van der Waals surface area contributed by atoms with Gasteiger partial charge in [-0.1, -0.05) is 18.2 Å². The predicted octanol–water partition coefficient (Wildman–Crippen LogP) is 4.05. The van der Waals surface area contributed by atoms with Crippen molar-refractivity contribution < 1.29 is 13.2 Å². The van der Waals surface area contributed by atoms with Crippen LogP contribution in [-0.4, -0.2) is 41.5 Å². The largest absolute Gasteiger partial charge is 0.416 e. The van der Waals surface area contributed by atoms with Gasteiger partial charge >= 0.3 is 6.18 Å². The molecule has 30 heavy (non-hydrogen) atoms. The van der Waals surface area contributed by atoms with Crippen molar-refractivity contribution in [3.63, 3.8) is 0 Å². The summed E-state index contributed by atoms with van der Waals surface area (Å²) < 4.78 is 38.1. The van der Waals surface area contributed by atoms with Gasteiger partial charge in [-0.2, -0.15) is 13.2 Å². The van der Waals surface area contributed by atoms with Gasteiger partial charge in [-0.25, -0.2) is 4.99 Å². The fourth-order valence-electron chi connectivity index (χ4n) is 3.32. The summed E-state index contributed by atoms with van der Waals surface area (Å²) in [5.74, 6) is 0.750. The van der Waals surface area contributed by atoms with Gasteiger partial charge in [0.2, 0.25) is 0 Å². The van der Waals surface area contributed by atoms with Gasteiger partial charge < -0.3 is 10.6 Å². The van der Waals surface area contributed by atoms with Gasteiger partial charge in [-0.15, -0.1) is 24.0 Å². The van der Waals surface area contributed by atoms with Gasteiger partial charge in [0, 0.05) is 38.4 Å². The number of pyridine rings is 1. The minimum atomic E-state index is -4.29. The average Bonchev–Trinajstić information content (AvgIpc) is 3.13. The van der Waals surface area contributed by atoms with Crippen LogP contribution in [0.4, 0.5) is 13.2 Å². The van der Waals surface area contributed by atoms with Crippen LogP contribution in [0.5, 0.6) is 0 Å². The standard InChI is InChI=1S/C21H26F3N5.HI/c1-2-25-20(27-13-18-5-3-4-11-26-18)28-19-10-12-29(15-19)14-16-6-8-17(9-7-16)21(22,23)24;/h3-9,11,19H,2,10,12-15H2,1H3,(H2,25,27,28);1H. The van der Waals surface area contributed by atoms with E-state index in [-0.39, 0.29) is 30.0 Å². The van der Waals surface area contributed by atoms with Gasteiger partial charge in [0.1, 0.15) is 0 Å². The number of benzene rings is 1. The zero-order valence-corrected chi connectivity index (χ0v) is 19.2. The Kier molecular flexibility index (Phi) is 9.35. The van der Waals surface area contributed by atoms with Crippen molar-refractivity contribution in [3.05, 3.63) is 65.5 Å². The van der Waals surface area contributed by atoms with Crippen LogP contribution in [0.1, 0.15) is 30.2 Å². The monoisotopic (exact) mass is 533 g/mol. The van der Waals surface area contributed by atoms with Crippen molar-refractivity contribution >= 4 is 29.9 Å². The quantitative estimate of drug-likeness (QED) is 0.335. The van der Waals surface area contributed by atoms with Gasteiger partial charge in [0.15, 0.2) is 5.96 Å². The Morgan fingerprint density at radius 1 is 1.20 bits per heavy atom. The number of guanidine groups is 1.